The molecule has 0 aliphatic carbocycles. The molecule has 1 aromatic carbocycles. The van der Waals surface area contributed by atoms with E-state index in [1.165, 1.54) is 20.4 Å². The van der Waals surface area contributed by atoms with Gasteiger partial charge in [-0.1, -0.05) is 52.6 Å². The van der Waals surface area contributed by atoms with Crippen molar-refractivity contribution >= 4 is 26.9 Å². The molecular formula is C25H35F2N2OP. The Labute approximate surface area is 188 Å². The van der Waals surface area contributed by atoms with Crippen LogP contribution >= 0.6 is 9.24 Å². The van der Waals surface area contributed by atoms with Crippen LogP contribution in [-0.4, -0.2) is 38.5 Å². The molecule has 1 rings (SSSR count). The van der Waals surface area contributed by atoms with Crippen molar-refractivity contribution in [1.82, 2.24) is 0 Å². The SMILES string of the molecule is C=C(CCc1ccc(C(/C=N\C)=C/C)cc1C)C(/C(=N\C)OCC(F)(F)P)=C(/C)CC. The van der Waals surface area contributed by atoms with E-state index < -0.39 is 12.3 Å². The van der Waals surface area contributed by atoms with Gasteiger partial charge in [0.05, 0.1) is 0 Å². The van der Waals surface area contributed by atoms with Gasteiger partial charge >= 0.3 is 0 Å². The van der Waals surface area contributed by atoms with Gasteiger partial charge in [0.25, 0.3) is 5.66 Å². The van der Waals surface area contributed by atoms with Crippen molar-refractivity contribution in [1.29, 1.82) is 0 Å². The third kappa shape index (κ3) is 8.49. The van der Waals surface area contributed by atoms with Crippen LogP contribution in [0.1, 0.15) is 50.3 Å². The van der Waals surface area contributed by atoms with Gasteiger partial charge in [-0.05, 0) is 67.9 Å². The Morgan fingerprint density at radius 2 is 1.97 bits per heavy atom. The van der Waals surface area contributed by atoms with E-state index in [1.54, 1.807) is 14.1 Å². The first kappa shape index (κ1) is 26.9. The lowest BCUT2D eigenvalue weighted by molar-refractivity contribution is 0.0413. The van der Waals surface area contributed by atoms with E-state index in [0.717, 1.165) is 40.7 Å². The highest BCUT2D eigenvalue weighted by Crippen LogP contribution is 2.27. The predicted molar refractivity (Wildman–Crippen MR) is 134 cm³/mol. The maximum Gasteiger partial charge on any atom is 0.292 e. The highest BCUT2D eigenvalue weighted by molar-refractivity contribution is 7.18. The van der Waals surface area contributed by atoms with Crippen molar-refractivity contribution in [3.63, 3.8) is 0 Å². The Bertz CT molecular complexity index is 893. The molecule has 0 amide bonds. The number of alkyl halides is 2. The largest absolute Gasteiger partial charge is 0.471 e. The standard InChI is InChI=1S/C25H35F2N2OP/c1-8-17(3)23(24(29-7)30-16-25(26,27)31)18(4)10-11-21-12-13-22(14-19(21)5)20(9-2)15-28-6/h9,12-15H,4,8,10-11,16,31H2,1-3,5-7H3/b20-9+,23-17+,28-15-,29-24+. The number of allylic oxidation sites excluding steroid dienone is 3. The average molecular weight is 449 g/mol. The number of hydrogen-bond acceptors (Lipinski definition) is 3. The van der Waals surface area contributed by atoms with Crippen LogP contribution in [0.25, 0.3) is 5.57 Å². The van der Waals surface area contributed by atoms with Crippen LogP contribution in [0.5, 0.6) is 0 Å². The summed E-state index contributed by atoms with van der Waals surface area (Å²) in [5.74, 6) is 0.218. The number of benzene rings is 1. The summed E-state index contributed by atoms with van der Waals surface area (Å²) in [5.41, 5.74) is 4.20. The Hall–Kier alpha value is -2.13. The topological polar surface area (TPSA) is 34.0 Å². The molecule has 3 nitrogen and oxygen atoms in total. The van der Waals surface area contributed by atoms with Crippen molar-refractivity contribution in [2.45, 2.75) is 52.6 Å². The number of hydrogen-bond donors (Lipinski definition) is 0. The van der Waals surface area contributed by atoms with Crippen LogP contribution in [0, 0.1) is 6.92 Å². The molecular weight excluding hydrogens is 413 g/mol. The van der Waals surface area contributed by atoms with Gasteiger partial charge in [-0.25, -0.2) is 0 Å². The minimum Gasteiger partial charge on any atom is -0.471 e. The Morgan fingerprint density at radius 1 is 1.29 bits per heavy atom. The zero-order valence-corrected chi connectivity index (χ0v) is 20.7. The van der Waals surface area contributed by atoms with E-state index in [4.69, 9.17) is 4.74 Å². The Balaban J connectivity index is 3.04. The third-order valence-electron chi connectivity index (χ3n) is 5.08. The van der Waals surface area contributed by atoms with Crippen LogP contribution < -0.4 is 0 Å². The number of aryl methyl sites for hydroxylation is 2. The van der Waals surface area contributed by atoms with E-state index >= 15 is 0 Å². The van der Waals surface area contributed by atoms with Crippen molar-refractivity contribution in [2.75, 3.05) is 20.7 Å². The number of nitrogens with zero attached hydrogens (tertiary/aromatic N) is 2. The van der Waals surface area contributed by atoms with Gasteiger partial charge < -0.3 is 4.74 Å². The van der Waals surface area contributed by atoms with Crippen LogP contribution in [0.2, 0.25) is 0 Å². The molecule has 0 heterocycles. The summed E-state index contributed by atoms with van der Waals surface area (Å²) in [6.45, 7) is 11.5. The molecule has 0 aliphatic rings. The molecule has 170 valence electrons. The Morgan fingerprint density at radius 3 is 2.45 bits per heavy atom. The van der Waals surface area contributed by atoms with Gasteiger partial charge in [0.2, 0.25) is 5.90 Å². The monoisotopic (exact) mass is 448 g/mol. The number of aliphatic imine (C=N–C) groups is 2. The normalized spacial score (nSPS) is 14.1. The summed E-state index contributed by atoms with van der Waals surface area (Å²) in [6, 6.07) is 6.38. The van der Waals surface area contributed by atoms with E-state index in [1.807, 2.05) is 33.1 Å². The lowest BCUT2D eigenvalue weighted by Gasteiger charge is -2.19. The molecule has 1 atom stereocenters. The predicted octanol–water partition coefficient (Wildman–Crippen LogP) is 6.83. The van der Waals surface area contributed by atoms with E-state index in [0.29, 0.717) is 6.42 Å². The molecule has 0 radical (unpaired) electrons. The first-order chi connectivity index (χ1) is 14.6. The summed E-state index contributed by atoms with van der Waals surface area (Å²) in [5, 5.41) is 0. The summed E-state index contributed by atoms with van der Waals surface area (Å²) in [6.07, 6.45) is 6.12. The molecule has 1 aromatic rings. The van der Waals surface area contributed by atoms with Crippen LogP contribution in [-0.2, 0) is 11.2 Å². The van der Waals surface area contributed by atoms with Crippen molar-refractivity contribution < 1.29 is 13.5 Å². The fourth-order valence-electron chi connectivity index (χ4n) is 3.25. The van der Waals surface area contributed by atoms with E-state index in [9.17, 15) is 8.78 Å². The van der Waals surface area contributed by atoms with Gasteiger partial charge in [0, 0.05) is 25.9 Å². The van der Waals surface area contributed by atoms with Gasteiger partial charge in [-0.2, -0.15) is 8.78 Å². The first-order valence-corrected chi connectivity index (χ1v) is 11.0. The molecule has 31 heavy (non-hydrogen) atoms. The van der Waals surface area contributed by atoms with E-state index in [-0.39, 0.29) is 5.90 Å². The molecule has 0 bridgehead atoms. The number of rotatable bonds is 10. The second-order valence-corrected chi connectivity index (χ2v) is 8.31. The second-order valence-electron chi connectivity index (χ2n) is 7.46. The maximum absolute atomic E-state index is 13.3. The molecule has 0 aliphatic heterocycles. The van der Waals surface area contributed by atoms with Gasteiger partial charge in [-0.3, -0.25) is 9.98 Å². The maximum atomic E-state index is 13.3. The van der Waals surface area contributed by atoms with E-state index in [2.05, 4.69) is 41.7 Å². The van der Waals surface area contributed by atoms with Crippen LogP contribution in [0.15, 0.2) is 57.6 Å². The summed E-state index contributed by atoms with van der Waals surface area (Å²) in [4.78, 5) is 8.24. The smallest absolute Gasteiger partial charge is 0.292 e. The number of ether oxygens (including phenoxy) is 1. The quantitative estimate of drug-likeness (QED) is 0.167. The van der Waals surface area contributed by atoms with Crippen molar-refractivity contribution in [3.05, 3.63) is 64.3 Å². The first-order valence-electron chi connectivity index (χ1n) is 10.4. The molecule has 0 aromatic heterocycles. The van der Waals surface area contributed by atoms with Gasteiger partial charge in [0.15, 0.2) is 6.61 Å². The molecule has 0 saturated carbocycles. The lowest BCUT2D eigenvalue weighted by Crippen LogP contribution is -2.21. The summed E-state index contributed by atoms with van der Waals surface area (Å²) < 4.78 is 31.9. The van der Waals surface area contributed by atoms with Crippen LogP contribution in [0.3, 0.4) is 0 Å². The van der Waals surface area contributed by atoms with Crippen LogP contribution in [0.4, 0.5) is 8.78 Å². The van der Waals surface area contributed by atoms with Gasteiger partial charge in [0.1, 0.15) is 0 Å². The van der Waals surface area contributed by atoms with Crippen molar-refractivity contribution in [2.24, 2.45) is 9.98 Å². The minimum atomic E-state index is -3.00. The number of halogens is 2. The molecule has 6 heteroatoms. The zero-order chi connectivity index (χ0) is 23.6. The third-order valence-corrected chi connectivity index (χ3v) is 5.25. The van der Waals surface area contributed by atoms with Crippen molar-refractivity contribution in [3.8, 4) is 0 Å². The summed E-state index contributed by atoms with van der Waals surface area (Å²) in [7, 11) is 4.80. The molecule has 0 N–H and O–H groups in total. The highest BCUT2D eigenvalue weighted by Gasteiger charge is 2.25. The zero-order valence-electron chi connectivity index (χ0n) is 19.6. The molecule has 1 unspecified atom stereocenters. The fraction of sp³-hybridized carbons (Fsp3) is 0.440. The average Bonchev–Trinajstić information content (AvgIpc) is 2.72. The molecule has 0 saturated heterocycles. The van der Waals surface area contributed by atoms with Gasteiger partial charge in [-0.15, -0.1) is 0 Å². The molecule has 0 fully saturated rings. The minimum absolute atomic E-state index is 0.218. The summed E-state index contributed by atoms with van der Waals surface area (Å²) >= 11 is 0. The highest BCUT2D eigenvalue weighted by atomic mass is 31.0. The lowest BCUT2D eigenvalue weighted by atomic mass is 9.92. The second kappa shape index (κ2) is 12.7. The molecule has 0 spiro atoms. The fourth-order valence-corrected chi connectivity index (χ4v) is 3.33. The Kier molecular flexibility index (Phi) is 11.0.